The topological polar surface area (TPSA) is 37.3 Å². The van der Waals surface area contributed by atoms with E-state index in [1.165, 1.54) is 0 Å². The van der Waals surface area contributed by atoms with Crippen LogP contribution < -0.4 is 0 Å². The summed E-state index contributed by atoms with van der Waals surface area (Å²) in [6, 6.07) is 0. The molecule has 0 saturated carbocycles. The van der Waals surface area contributed by atoms with Gasteiger partial charge < -0.3 is 5.11 Å². The monoisotopic (exact) mass is 180 g/mol. The van der Waals surface area contributed by atoms with Crippen LogP contribution in [0, 0.1) is 0 Å². The van der Waals surface area contributed by atoms with Gasteiger partial charge in [-0.25, -0.2) is 0 Å². The normalized spacial score (nSPS) is 9.62. The summed E-state index contributed by atoms with van der Waals surface area (Å²) in [5.41, 5.74) is 2.99. The number of unbranched alkanes of at least 4 members (excludes halogenated alkanes) is 2. The van der Waals surface area contributed by atoms with Crippen LogP contribution in [0.1, 0.15) is 32.6 Å². The zero-order chi connectivity index (χ0) is 9.94. The van der Waals surface area contributed by atoms with Gasteiger partial charge in [0.05, 0.1) is 0 Å². The third kappa shape index (κ3) is 10.7. The Kier molecular flexibility index (Phi) is 7.96. The average Bonchev–Trinajstić information content (AvgIpc) is 2.09. The van der Waals surface area contributed by atoms with Crippen molar-refractivity contribution >= 4 is 5.97 Å². The molecule has 0 aliphatic carbocycles. The van der Waals surface area contributed by atoms with Crippen LogP contribution in [0.3, 0.4) is 0 Å². The van der Waals surface area contributed by atoms with Crippen LogP contribution in [-0.2, 0) is 4.79 Å². The van der Waals surface area contributed by atoms with E-state index in [4.69, 9.17) is 5.11 Å². The number of hydrogen-bond acceptors (Lipinski definition) is 1. The third-order valence-corrected chi connectivity index (χ3v) is 1.49. The molecule has 0 aromatic rings. The Hall–Kier alpha value is -1.27. The van der Waals surface area contributed by atoms with Gasteiger partial charge in [-0.3, -0.25) is 4.79 Å². The summed E-state index contributed by atoms with van der Waals surface area (Å²) in [6.45, 7) is 1.95. The van der Waals surface area contributed by atoms with E-state index >= 15 is 0 Å². The molecule has 13 heavy (non-hydrogen) atoms. The molecule has 72 valence electrons. The Balaban J connectivity index is 3.34. The van der Waals surface area contributed by atoms with E-state index in [1.54, 1.807) is 0 Å². The van der Waals surface area contributed by atoms with Gasteiger partial charge in [0, 0.05) is 6.42 Å². The minimum Gasteiger partial charge on any atom is -0.481 e. The number of carbonyl (C=O) groups is 1. The van der Waals surface area contributed by atoms with Crippen LogP contribution in [0.4, 0.5) is 0 Å². The highest BCUT2D eigenvalue weighted by molar-refractivity contribution is 5.66. The highest BCUT2D eigenvalue weighted by atomic mass is 16.4. The summed E-state index contributed by atoms with van der Waals surface area (Å²) < 4.78 is 0. The van der Waals surface area contributed by atoms with Gasteiger partial charge in [0.25, 0.3) is 0 Å². The Labute approximate surface area is 79.3 Å². The van der Waals surface area contributed by atoms with Crippen molar-refractivity contribution in [3.05, 3.63) is 30.0 Å². The van der Waals surface area contributed by atoms with Crippen LogP contribution in [0.5, 0.6) is 0 Å². The van der Waals surface area contributed by atoms with Gasteiger partial charge in [-0.15, -0.1) is 5.73 Å². The minimum absolute atomic E-state index is 0.270. The lowest BCUT2D eigenvalue weighted by Gasteiger charge is -1.90. The molecule has 0 spiro atoms. The molecular weight excluding hydrogens is 164 g/mol. The van der Waals surface area contributed by atoms with Crippen LogP contribution in [0.15, 0.2) is 30.0 Å². The lowest BCUT2D eigenvalue weighted by molar-refractivity contribution is -0.137. The first-order valence-corrected chi connectivity index (χ1v) is 4.51. The van der Waals surface area contributed by atoms with E-state index in [-0.39, 0.29) is 6.42 Å². The summed E-state index contributed by atoms with van der Waals surface area (Å²) in [5, 5.41) is 8.35. The van der Waals surface area contributed by atoms with Crippen molar-refractivity contribution in [1.82, 2.24) is 0 Å². The van der Waals surface area contributed by atoms with Crippen molar-refractivity contribution in [3.8, 4) is 0 Å². The van der Waals surface area contributed by atoms with Crippen molar-refractivity contribution in [2.45, 2.75) is 32.6 Å². The highest BCUT2D eigenvalue weighted by Gasteiger charge is 1.93. The van der Waals surface area contributed by atoms with Crippen LogP contribution in [-0.4, -0.2) is 11.1 Å². The number of aliphatic carboxylic acids is 1. The quantitative estimate of drug-likeness (QED) is 0.387. The minimum atomic E-state index is -0.714. The smallest absolute Gasteiger partial charge is 0.303 e. The number of hydrogen-bond donors (Lipinski definition) is 1. The van der Waals surface area contributed by atoms with Crippen LogP contribution in [0.25, 0.3) is 0 Å². The van der Waals surface area contributed by atoms with Crippen molar-refractivity contribution in [2.75, 3.05) is 0 Å². The van der Waals surface area contributed by atoms with Crippen molar-refractivity contribution < 1.29 is 9.90 Å². The van der Waals surface area contributed by atoms with E-state index in [0.29, 0.717) is 0 Å². The highest BCUT2D eigenvalue weighted by Crippen LogP contribution is 1.99. The van der Waals surface area contributed by atoms with E-state index in [9.17, 15) is 4.79 Å². The predicted octanol–water partition coefficient (Wildman–Crippen LogP) is 2.92. The molecule has 2 heteroatoms. The van der Waals surface area contributed by atoms with E-state index < -0.39 is 5.97 Å². The molecule has 0 amide bonds. The molecule has 0 aromatic heterocycles. The molecule has 0 unspecified atom stereocenters. The number of rotatable bonds is 6. The predicted molar refractivity (Wildman–Crippen MR) is 53.6 cm³/mol. The van der Waals surface area contributed by atoms with E-state index in [2.05, 4.69) is 5.73 Å². The van der Waals surface area contributed by atoms with Crippen molar-refractivity contribution in [1.29, 1.82) is 0 Å². The second kappa shape index (κ2) is 8.82. The molecule has 1 N–H and O–H groups in total. The zero-order valence-electron chi connectivity index (χ0n) is 7.99. The van der Waals surface area contributed by atoms with E-state index in [0.717, 1.165) is 19.3 Å². The fourth-order valence-corrected chi connectivity index (χ4v) is 0.826. The first kappa shape index (κ1) is 11.7. The maximum absolute atomic E-state index is 10.1. The van der Waals surface area contributed by atoms with Gasteiger partial charge in [0.2, 0.25) is 0 Å². The fourth-order valence-electron chi connectivity index (χ4n) is 0.826. The number of carboxylic acids is 1. The molecule has 0 saturated heterocycles. The van der Waals surface area contributed by atoms with Gasteiger partial charge in [-0.05, 0) is 38.3 Å². The zero-order valence-corrected chi connectivity index (χ0v) is 7.99. The lowest BCUT2D eigenvalue weighted by atomic mass is 10.2. The summed E-state index contributed by atoms with van der Waals surface area (Å²) in [7, 11) is 0. The lowest BCUT2D eigenvalue weighted by Crippen LogP contribution is -1.92. The molecule has 0 aliphatic heterocycles. The molecule has 0 radical (unpaired) electrons. The summed E-state index contributed by atoms with van der Waals surface area (Å²) in [5.74, 6) is -0.714. The van der Waals surface area contributed by atoms with E-state index in [1.807, 2.05) is 31.2 Å². The number of carboxylic acid groups (broad SMARTS) is 1. The van der Waals surface area contributed by atoms with Gasteiger partial charge in [0.1, 0.15) is 0 Å². The molecule has 2 nitrogen and oxygen atoms in total. The van der Waals surface area contributed by atoms with Crippen molar-refractivity contribution in [3.63, 3.8) is 0 Å². The van der Waals surface area contributed by atoms with Gasteiger partial charge in [-0.2, -0.15) is 0 Å². The largest absolute Gasteiger partial charge is 0.481 e. The summed E-state index contributed by atoms with van der Waals surface area (Å²) in [4.78, 5) is 10.1. The van der Waals surface area contributed by atoms with Gasteiger partial charge in [0.15, 0.2) is 0 Å². The SMILES string of the molecule is CC=CC=C=CCCCCC(=O)O. The fraction of sp³-hybridized carbons (Fsp3) is 0.455. The molecular formula is C11H16O2. The summed E-state index contributed by atoms with van der Waals surface area (Å²) in [6.07, 6.45) is 10.5. The second-order valence-corrected chi connectivity index (χ2v) is 2.70. The summed E-state index contributed by atoms with van der Waals surface area (Å²) >= 11 is 0. The maximum Gasteiger partial charge on any atom is 0.303 e. The first-order chi connectivity index (χ1) is 6.27. The van der Waals surface area contributed by atoms with Crippen LogP contribution in [0.2, 0.25) is 0 Å². The Morgan fingerprint density at radius 3 is 2.85 bits per heavy atom. The molecule has 0 fully saturated rings. The number of allylic oxidation sites excluding steroid dienone is 3. The van der Waals surface area contributed by atoms with Gasteiger partial charge >= 0.3 is 5.97 Å². The standard InChI is InChI=1S/C11H16O2/c1-2-3-4-5-6-7-8-9-10-11(12)13/h2-4,6H,7-10H2,1H3,(H,12,13). The Morgan fingerprint density at radius 1 is 1.46 bits per heavy atom. The second-order valence-electron chi connectivity index (χ2n) is 2.70. The Bertz CT molecular complexity index is 220. The first-order valence-electron chi connectivity index (χ1n) is 4.51. The molecule has 0 aromatic carbocycles. The van der Waals surface area contributed by atoms with Crippen molar-refractivity contribution in [2.24, 2.45) is 0 Å². The third-order valence-electron chi connectivity index (χ3n) is 1.49. The maximum atomic E-state index is 10.1. The Morgan fingerprint density at radius 2 is 2.23 bits per heavy atom. The molecule has 0 rings (SSSR count). The van der Waals surface area contributed by atoms with Gasteiger partial charge in [-0.1, -0.05) is 12.2 Å². The molecule has 0 atom stereocenters. The molecule has 0 heterocycles. The molecule has 0 bridgehead atoms. The van der Waals surface area contributed by atoms with Crippen LogP contribution >= 0.6 is 0 Å². The average molecular weight is 180 g/mol. The molecule has 0 aliphatic rings.